The standard InChI is InChI=1S/C12H19NO2/c1-9(13-2)7-10-5-6-11(14-3)8-12(10)15-4/h5-6,8-9,13H,7H2,1-4H3. The third-order valence-electron chi connectivity index (χ3n) is 2.51. The predicted octanol–water partition coefficient (Wildman–Crippen LogP) is 1.85. The average Bonchev–Trinajstić information content (AvgIpc) is 2.29. The Morgan fingerprint density at radius 1 is 1.27 bits per heavy atom. The van der Waals surface area contributed by atoms with Crippen molar-refractivity contribution in [1.29, 1.82) is 0 Å². The second kappa shape index (κ2) is 5.61. The Balaban J connectivity index is 2.87. The van der Waals surface area contributed by atoms with Gasteiger partial charge in [0, 0.05) is 12.1 Å². The lowest BCUT2D eigenvalue weighted by molar-refractivity contribution is 0.389. The quantitative estimate of drug-likeness (QED) is 0.803. The fraction of sp³-hybridized carbons (Fsp3) is 0.500. The van der Waals surface area contributed by atoms with Gasteiger partial charge in [0.2, 0.25) is 0 Å². The highest BCUT2D eigenvalue weighted by atomic mass is 16.5. The summed E-state index contributed by atoms with van der Waals surface area (Å²) < 4.78 is 10.5. The molecule has 0 saturated carbocycles. The summed E-state index contributed by atoms with van der Waals surface area (Å²) >= 11 is 0. The van der Waals surface area contributed by atoms with Gasteiger partial charge in [0.15, 0.2) is 0 Å². The zero-order valence-corrected chi connectivity index (χ0v) is 9.83. The van der Waals surface area contributed by atoms with E-state index in [-0.39, 0.29) is 0 Å². The van der Waals surface area contributed by atoms with Crippen molar-refractivity contribution in [2.24, 2.45) is 0 Å². The van der Waals surface area contributed by atoms with Gasteiger partial charge in [0.1, 0.15) is 11.5 Å². The largest absolute Gasteiger partial charge is 0.497 e. The molecular formula is C12H19NO2. The van der Waals surface area contributed by atoms with Crippen molar-refractivity contribution >= 4 is 0 Å². The fourth-order valence-corrected chi connectivity index (χ4v) is 1.45. The third-order valence-corrected chi connectivity index (χ3v) is 2.51. The zero-order valence-electron chi connectivity index (χ0n) is 9.83. The van der Waals surface area contributed by atoms with Crippen molar-refractivity contribution in [3.05, 3.63) is 23.8 Å². The van der Waals surface area contributed by atoms with Gasteiger partial charge in [-0.25, -0.2) is 0 Å². The van der Waals surface area contributed by atoms with E-state index in [1.807, 2.05) is 25.2 Å². The first-order valence-electron chi connectivity index (χ1n) is 5.09. The number of benzene rings is 1. The van der Waals surface area contributed by atoms with Crippen LogP contribution in [0.4, 0.5) is 0 Å². The van der Waals surface area contributed by atoms with Crippen LogP contribution < -0.4 is 14.8 Å². The first-order valence-corrected chi connectivity index (χ1v) is 5.09. The summed E-state index contributed by atoms with van der Waals surface area (Å²) in [5.41, 5.74) is 1.19. The van der Waals surface area contributed by atoms with E-state index in [1.54, 1.807) is 14.2 Å². The van der Waals surface area contributed by atoms with Crippen molar-refractivity contribution < 1.29 is 9.47 Å². The maximum Gasteiger partial charge on any atom is 0.125 e. The first kappa shape index (κ1) is 11.9. The molecule has 0 saturated heterocycles. The van der Waals surface area contributed by atoms with Gasteiger partial charge < -0.3 is 14.8 Å². The van der Waals surface area contributed by atoms with Crippen molar-refractivity contribution in [2.75, 3.05) is 21.3 Å². The van der Waals surface area contributed by atoms with Gasteiger partial charge in [-0.3, -0.25) is 0 Å². The van der Waals surface area contributed by atoms with Gasteiger partial charge in [-0.15, -0.1) is 0 Å². The van der Waals surface area contributed by atoms with Crippen LogP contribution in [-0.2, 0) is 6.42 Å². The number of ether oxygens (including phenoxy) is 2. The number of likely N-dealkylation sites (N-methyl/N-ethyl adjacent to an activating group) is 1. The molecule has 0 heterocycles. The predicted molar refractivity (Wildman–Crippen MR) is 61.8 cm³/mol. The average molecular weight is 209 g/mol. The Morgan fingerprint density at radius 2 is 2.00 bits per heavy atom. The maximum atomic E-state index is 5.33. The Labute approximate surface area is 91.4 Å². The Morgan fingerprint density at radius 3 is 2.53 bits per heavy atom. The highest BCUT2D eigenvalue weighted by Crippen LogP contribution is 2.25. The molecule has 0 amide bonds. The SMILES string of the molecule is CNC(C)Cc1ccc(OC)cc1OC. The molecule has 0 spiro atoms. The monoisotopic (exact) mass is 209 g/mol. The van der Waals surface area contributed by atoms with Crippen molar-refractivity contribution in [3.63, 3.8) is 0 Å². The van der Waals surface area contributed by atoms with Gasteiger partial charge in [0.25, 0.3) is 0 Å². The number of nitrogens with one attached hydrogen (secondary N) is 1. The van der Waals surface area contributed by atoms with Gasteiger partial charge in [-0.2, -0.15) is 0 Å². The zero-order chi connectivity index (χ0) is 11.3. The smallest absolute Gasteiger partial charge is 0.125 e. The molecule has 1 aromatic carbocycles. The molecule has 0 aliphatic heterocycles. The van der Waals surface area contributed by atoms with Crippen LogP contribution in [0.3, 0.4) is 0 Å². The summed E-state index contributed by atoms with van der Waals surface area (Å²) in [6.07, 6.45) is 0.948. The second-order valence-corrected chi connectivity index (χ2v) is 3.57. The molecule has 0 aliphatic rings. The molecule has 3 nitrogen and oxygen atoms in total. The van der Waals surface area contributed by atoms with E-state index in [0.717, 1.165) is 17.9 Å². The van der Waals surface area contributed by atoms with E-state index in [9.17, 15) is 0 Å². The molecule has 1 rings (SSSR count). The summed E-state index contributed by atoms with van der Waals surface area (Å²) in [7, 11) is 5.30. The van der Waals surface area contributed by atoms with E-state index in [4.69, 9.17) is 9.47 Å². The molecule has 0 radical (unpaired) electrons. The summed E-state index contributed by atoms with van der Waals surface area (Å²) in [5, 5.41) is 3.21. The van der Waals surface area contributed by atoms with Gasteiger partial charge in [-0.1, -0.05) is 6.07 Å². The molecule has 1 N–H and O–H groups in total. The minimum absolute atomic E-state index is 0.437. The molecule has 84 valence electrons. The minimum Gasteiger partial charge on any atom is -0.497 e. The van der Waals surface area contributed by atoms with Crippen LogP contribution in [-0.4, -0.2) is 27.3 Å². The normalized spacial score (nSPS) is 12.3. The Kier molecular flexibility index (Phi) is 4.43. The van der Waals surface area contributed by atoms with Crippen LogP contribution in [0.2, 0.25) is 0 Å². The molecule has 1 aromatic rings. The molecule has 0 bridgehead atoms. The molecule has 15 heavy (non-hydrogen) atoms. The summed E-state index contributed by atoms with van der Waals surface area (Å²) in [6, 6.07) is 6.36. The lowest BCUT2D eigenvalue weighted by Crippen LogP contribution is -2.23. The number of hydrogen-bond donors (Lipinski definition) is 1. The Hall–Kier alpha value is -1.22. The topological polar surface area (TPSA) is 30.5 Å². The fourth-order valence-electron chi connectivity index (χ4n) is 1.45. The molecule has 1 atom stereocenters. The molecule has 0 aliphatic carbocycles. The van der Waals surface area contributed by atoms with Crippen LogP contribution in [0.25, 0.3) is 0 Å². The first-order chi connectivity index (χ1) is 7.21. The molecule has 0 fully saturated rings. The van der Waals surface area contributed by atoms with Crippen LogP contribution in [0.15, 0.2) is 18.2 Å². The lowest BCUT2D eigenvalue weighted by atomic mass is 10.1. The third kappa shape index (κ3) is 3.13. The maximum absolute atomic E-state index is 5.33. The highest BCUT2D eigenvalue weighted by molar-refractivity contribution is 5.41. The van der Waals surface area contributed by atoms with E-state index in [0.29, 0.717) is 6.04 Å². The van der Waals surface area contributed by atoms with E-state index in [2.05, 4.69) is 12.2 Å². The van der Waals surface area contributed by atoms with Gasteiger partial charge in [-0.05, 0) is 32.0 Å². The van der Waals surface area contributed by atoms with E-state index in [1.165, 1.54) is 5.56 Å². The van der Waals surface area contributed by atoms with Crippen molar-refractivity contribution in [3.8, 4) is 11.5 Å². The summed E-state index contributed by atoms with van der Waals surface area (Å²) in [6.45, 7) is 2.14. The second-order valence-electron chi connectivity index (χ2n) is 3.57. The van der Waals surface area contributed by atoms with E-state index >= 15 is 0 Å². The number of methoxy groups -OCH3 is 2. The Bertz CT molecular complexity index is 312. The van der Waals surface area contributed by atoms with Crippen LogP contribution in [0, 0.1) is 0 Å². The summed E-state index contributed by atoms with van der Waals surface area (Å²) in [4.78, 5) is 0. The van der Waals surface area contributed by atoms with Crippen LogP contribution in [0.1, 0.15) is 12.5 Å². The molecule has 1 unspecified atom stereocenters. The molecule has 3 heteroatoms. The highest BCUT2D eigenvalue weighted by Gasteiger charge is 2.07. The van der Waals surface area contributed by atoms with Crippen LogP contribution >= 0.6 is 0 Å². The van der Waals surface area contributed by atoms with E-state index < -0.39 is 0 Å². The molecular weight excluding hydrogens is 190 g/mol. The minimum atomic E-state index is 0.437. The van der Waals surface area contributed by atoms with Crippen LogP contribution in [0.5, 0.6) is 11.5 Å². The summed E-state index contributed by atoms with van der Waals surface area (Å²) in [5.74, 6) is 1.71. The van der Waals surface area contributed by atoms with Gasteiger partial charge in [0.05, 0.1) is 14.2 Å². The molecule has 0 aromatic heterocycles. The van der Waals surface area contributed by atoms with Gasteiger partial charge >= 0.3 is 0 Å². The van der Waals surface area contributed by atoms with Crippen molar-refractivity contribution in [1.82, 2.24) is 5.32 Å². The number of rotatable bonds is 5. The lowest BCUT2D eigenvalue weighted by Gasteiger charge is -2.14. The number of hydrogen-bond acceptors (Lipinski definition) is 3. The van der Waals surface area contributed by atoms with Crippen molar-refractivity contribution in [2.45, 2.75) is 19.4 Å².